The third kappa shape index (κ3) is 5.49. The molecule has 90 valence electrons. The van der Waals surface area contributed by atoms with Crippen molar-refractivity contribution in [3.8, 4) is 0 Å². The Morgan fingerprint density at radius 2 is 1.61 bits per heavy atom. The first kappa shape index (κ1) is 16.9. The van der Waals surface area contributed by atoms with Gasteiger partial charge in [0.2, 0.25) is 0 Å². The second-order valence-corrected chi connectivity index (χ2v) is 3.04. The molecule has 2 nitrogen and oxygen atoms in total. The monoisotopic (exact) mass is 442 g/mol. The number of hydrogen-bond donors (Lipinski definition) is 0. The molecule has 2 aromatic rings. The van der Waals surface area contributed by atoms with Crippen LogP contribution in [-0.2, 0) is 32.5 Å². The van der Waals surface area contributed by atoms with Gasteiger partial charge in [-0.2, -0.15) is 13.2 Å². The van der Waals surface area contributed by atoms with Crippen LogP contribution in [0.25, 0.3) is 10.8 Å². The van der Waals surface area contributed by atoms with E-state index in [0.29, 0.717) is 0 Å². The number of rotatable bonds is 0. The number of aliphatic carboxylic acids is 1. The van der Waals surface area contributed by atoms with E-state index in [-0.39, 0.29) is 27.7 Å². The van der Waals surface area contributed by atoms with E-state index in [9.17, 15) is 13.2 Å². The maximum Gasteiger partial charge on any atom is 1.00 e. The van der Waals surface area contributed by atoms with Crippen molar-refractivity contribution in [3.63, 3.8) is 0 Å². The summed E-state index contributed by atoms with van der Waals surface area (Å²) in [6.07, 6.45) is -5.19. The van der Waals surface area contributed by atoms with Crippen LogP contribution >= 0.6 is 0 Å². The first-order chi connectivity index (χ1) is 7.91. The maximum absolute atomic E-state index is 10.5. The molecular formula is C12H7F3HgO2. The molecule has 0 aliphatic carbocycles. The van der Waals surface area contributed by atoms with Crippen LogP contribution in [0.5, 0.6) is 0 Å². The first-order valence-electron chi connectivity index (χ1n) is 4.55. The molecule has 0 spiro atoms. The van der Waals surface area contributed by atoms with Crippen LogP contribution in [0.2, 0.25) is 0 Å². The summed E-state index contributed by atoms with van der Waals surface area (Å²) in [6, 6.07) is 17.4. The molecule has 0 aliphatic rings. The number of alkyl halides is 3. The molecule has 0 saturated carbocycles. The summed E-state index contributed by atoms with van der Waals surface area (Å²) < 4.78 is 31.5. The van der Waals surface area contributed by atoms with Crippen LogP contribution in [-0.4, -0.2) is 12.1 Å². The molecule has 0 aliphatic heterocycles. The van der Waals surface area contributed by atoms with E-state index in [2.05, 4.69) is 24.3 Å². The number of carboxylic acid groups (broad SMARTS) is 1. The topological polar surface area (TPSA) is 40.1 Å². The van der Waals surface area contributed by atoms with Gasteiger partial charge in [-0.15, -0.1) is 0 Å². The van der Waals surface area contributed by atoms with Gasteiger partial charge in [-0.25, -0.2) is 0 Å². The maximum atomic E-state index is 10.5. The van der Waals surface area contributed by atoms with Gasteiger partial charge in [0.25, 0.3) is 0 Å². The number of carbonyl (C=O) groups is 1. The summed E-state index contributed by atoms with van der Waals surface area (Å²) in [5.74, 6) is -3.01. The minimum Gasteiger partial charge on any atom is -0.542 e. The molecule has 0 bridgehead atoms. The van der Waals surface area contributed by atoms with Crippen molar-refractivity contribution in [1.82, 2.24) is 0 Å². The van der Waals surface area contributed by atoms with Crippen LogP contribution in [0, 0.1) is 6.07 Å². The van der Waals surface area contributed by atoms with Crippen molar-refractivity contribution in [2.45, 2.75) is 6.18 Å². The Morgan fingerprint density at radius 3 is 2.11 bits per heavy atom. The third-order valence-corrected chi connectivity index (χ3v) is 1.80. The number of carboxylic acids is 1. The molecule has 0 heterocycles. The van der Waals surface area contributed by atoms with Gasteiger partial charge in [-0.3, -0.25) is 0 Å². The van der Waals surface area contributed by atoms with Crippen molar-refractivity contribution in [1.29, 1.82) is 0 Å². The molecule has 0 aromatic heterocycles. The molecule has 0 fully saturated rings. The zero-order valence-corrected chi connectivity index (χ0v) is 14.7. The number of halogens is 3. The molecule has 0 amide bonds. The fourth-order valence-electron chi connectivity index (χ4n) is 1.06. The largest absolute Gasteiger partial charge is 1.00 e. The van der Waals surface area contributed by atoms with Crippen molar-refractivity contribution in [2.24, 2.45) is 0 Å². The van der Waals surface area contributed by atoms with E-state index in [0.717, 1.165) is 0 Å². The van der Waals surface area contributed by atoms with Crippen LogP contribution in [0.1, 0.15) is 0 Å². The van der Waals surface area contributed by atoms with Gasteiger partial charge in [0, 0.05) is 0 Å². The third-order valence-electron chi connectivity index (χ3n) is 1.80. The fraction of sp³-hybridized carbons (Fsp3) is 0.0833. The SMILES string of the molecule is O=C([O-])C(F)(F)F.[Hg+].[c]1cccc2ccccc12. The van der Waals surface area contributed by atoms with Crippen LogP contribution in [0.4, 0.5) is 13.2 Å². The Kier molecular flexibility index (Phi) is 6.90. The van der Waals surface area contributed by atoms with Gasteiger partial charge in [0.1, 0.15) is 5.97 Å². The van der Waals surface area contributed by atoms with Gasteiger partial charge in [-0.05, 0) is 16.8 Å². The van der Waals surface area contributed by atoms with E-state index < -0.39 is 12.1 Å². The van der Waals surface area contributed by atoms with Crippen molar-refractivity contribution in [2.75, 3.05) is 0 Å². The van der Waals surface area contributed by atoms with Gasteiger partial charge < -0.3 is 9.90 Å². The van der Waals surface area contributed by atoms with Crippen molar-refractivity contribution < 1.29 is 50.7 Å². The standard InChI is InChI=1S/C10H7.C2HF3O2.Hg/c1-2-6-10-8-4-3-7-9(10)5-1;3-2(4,5)1(6)7;/h1-7H;(H,6,7);/q;;+1/p-1. The minimum atomic E-state index is -5.19. The molecule has 2 rings (SSSR count). The Morgan fingerprint density at radius 1 is 1.11 bits per heavy atom. The fourth-order valence-corrected chi connectivity index (χ4v) is 1.06. The molecule has 0 N–H and O–H groups in total. The van der Waals surface area contributed by atoms with E-state index in [4.69, 9.17) is 9.90 Å². The molecule has 0 atom stereocenters. The molecule has 0 unspecified atom stereocenters. The molecular weight excluding hydrogens is 434 g/mol. The van der Waals surface area contributed by atoms with Crippen LogP contribution < -0.4 is 5.11 Å². The summed E-state index contributed by atoms with van der Waals surface area (Å²) >= 11 is 0. The van der Waals surface area contributed by atoms with Gasteiger partial charge >= 0.3 is 33.8 Å². The van der Waals surface area contributed by atoms with E-state index in [1.54, 1.807) is 0 Å². The molecule has 0 saturated heterocycles. The summed E-state index contributed by atoms with van der Waals surface area (Å²) in [5.41, 5.74) is 0. The zero-order chi connectivity index (χ0) is 12.9. The summed E-state index contributed by atoms with van der Waals surface area (Å²) in [6.45, 7) is 0. The number of carbonyl (C=O) groups excluding carboxylic acids is 1. The number of fused-ring (bicyclic) bond motifs is 1. The van der Waals surface area contributed by atoms with Gasteiger partial charge in [0.15, 0.2) is 0 Å². The first-order valence-corrected chi connectivity index (χ1v) is 4.55. The Labute approximate surface area is 122 Å². The molecule has 6 heteroatoms. The normalized spacial score (nSPS) is 9.94. The number of hydrogen-bond acceptors (Lipinski definition) is 2. The van der Waals surface area contributed by atoms with Gasteiger partial charge in [0.05, 0.1) is 0 Å². The summed E-state index contributed by atoms with van der Waals surface area (Å²) in [7, 11) is 0. The van der Waals surface area contributed by atoms with E-state index in [1.165, 1.54) is 10.8 Å². The Bertz CT molecular complexity index is 446. The van der Waals surface area contributed by atoms with Crippen LogP contribution in [0.3, 0.4) is 0 Å². The molecule has 2 aromatic carbocycles. The Balaban J connectivity index is 0.000000326. The van der Waals surface area contributed by atoms with Gasteiger partial charge in [-0.1, -0.05) is 42.5 Å². The minimum absolute atomic E-state index is 0. The van der Waals surface area contributed by atoms with E-state index >= 15 is 0 Å². The van der Waals surface area contributed by atoms with Crippen LogP contribution in [0.15, 0.2) is 42.5 Å². The average molecular weight is 441 g/mol. The summed E-state index contributed by atoms with van der Waals surface area (Å²) in [4.78, 5) is 8.78. The average Bonchev–Trinajstić information content (AvgIpc) is 2.29. The van der Waals surface area contributed by atoms with E-state index in [1.807, 2.05) is 24.3 Å². The number of benzene rings is 2. The summed E-state index contributed by atoms with van der Waals surface area (Å²) in [5, 5.41) is 11.2. The molecule has 18 heavy (non-hydrogen) atoms. The smallest absolute Gasteiger partial charge is 0.542 e. The second kappa shape index (κ2) is 7.36. The second-order valence-electron chi connectivity index (χ2n) is 3.04. The Hall–Kier alpha value is -1.10. The molecule has 2 radical (unpaired) electrons. The predicted octanol–water partition coefficient (Wildman–Crippen LogP) is 1.94. The van der Waals surface area contributed by atoms with Crippen molar-refractivity contribution in [3.05, 3.63) is 48.5 Å². The zero-order valence-electron chi connectivity index (χ0n) is 9.20. The predicted molar refractivity (Wildman–Crippen MR) is 53.8 cm³/mol. The quantitative estimate of drug-likeness (QED) is 0.588. The van der Waals surface area contributed by atoms with Crippen molar-refractivity contribution >= 4 is 16.7 Å².